The third-order valence-electron chi connectivity index (χ3n) is 1.92. The lowest BCUT2D eigenvalue weighted by molar-refractivity contribution is 0.890. The van der Waals surface area contributed by atoms with Crippen LogP contribution in [-0.2, 0) is 0 Å². The van der Waals surface area contributed by atoms with Gasteiger partial charge in [-0.3, -0.25) is 4.79 Å². The highest BCUT2D eigenvalue weighted by molar-refractivity contribution is 7.18. The van der Waals surface area contributed by atoms with E-state index >= 15 is 0 Å². The van der Waals surface area contributed by atoms with Crippen LogP contribution < -0.4 is 5.56 Å². The summed E-state index contributed by atoms with van der Waals surface area (Å²) in [5, 5.41) is 0.705. The highest BCUT2D eigenvalue weighted by atomic mass is 32.1. The largest absolute Gasteiger partial charge is 0.313 e. The summed E-state index contributed by atoms with van der Waals surface area (Å²) in [5.41, 5.74) is -0.0480. The van der Waals surface area contributed by atoms with Crippen LogP contribution in [0.1, 0.15) is 24.6 Å². The molecule has 2 aromatic heterocycles. The van der Waals surface area contributed by atoms with Crippen LogP contribution in [0, 0.1) is 0 Å². The first-order valence-corrected chi connectivity index (χ1v) is 4.97. The molecular formula is C9H10N2OS. The fourth-order valence-electron chi connectivity index (χ4n) is 1.17. The summed E-state index contributed by atoms with van der Waals surface area (Å²) in [4.78, 5) is 20.0. The van der Waals surface area contributed by atoms with E-state index in [2.05, 4.69) is 23.8 Å². The molecule has 0 fully saturated rings. The smallest absolute Gasteiger partial charge is 0.259 e. The molecule has 0 aliphatic rings. The highest BCUT2D eigenvalue weighted by Gasteiger charge is 2.07. The number of hydrogen-bond acceptors (Lipinski definition) is 3. The minimum Gasteiger partial charge on any atom is -0.313 e. The maximum Gasteiger partial charge on any atom is 0.259 e. The second-order valence-corrected chi connectivity index (χ2v) is 4.32. The Morgan fingerprint density at radius 3 is 2.92 bits per heavy atom. The average Bonchev–Trinajstić information content (AvgIpc) is 2.49. The topological polar surface area (TPSA) is 45.8 Å². The van der Waals surface area contributed by atoms with Crippen molar-refractivity contribution < 1.29 is 0 Å². The predicted octanol–water partition coefficient (Wildman–Crippen LogP) is 2.11. The molecule has 0 amide bonds. The van der Waals surface area contributed by atoms with E-state index in [1.54, 1.807) is 11.3 Å². The molecule has 0 saturated heterocycles. The molecular weight excluding hydrogens is 184 g/mol. The van der Waals surface area contributed by atoms with Crippen LogP contribution >= 0.6 is 11.3 Å². The number of H-pyrrole nitrogens is 1. The number of fused-ring (bicyclic) bond motifs is 1. The van der Waals surface area contributed by atoms with E-state index in [1.807, 2.05) is 6.07 Å². The number of rotatable bonds is 1. The fraction of sp³-hybridized carbons (Fsp3) is 0.333. The zero-order chi connectivity index (χ0) is 9.42. The van der Waals surface area contributed by atoms with E-state index in [4.69, 9.17) is 0 Å². The van der Waals surface area contributed by atoms with Crippen molar-refractivity contribution in [1.82, 2.24) is 9.97 Å². The van der Waals surface area contributed by atoms with Gasteiger partial charge < -0.3 is 4.98 Å². The lowest BCUT2D eigenvalue weighted by Gasteiger charge is -1.95. The van der Waals surface area contributed by atoms with Crippen LogP contribution in [0.15, 0.2) is 17.2 Å². The number of hydrogen-bond donors (Lipinski definition) is 1. The van der Waals surface area contributed by atoms with E-state index in [-0.39, 0.29) is 5.56 Å². The van der Waals surface area contributed by atoms with Gasteiger partial charge in [0, 0.05) is 4.88 Å². The number of aromatic amines is 1. The average molecular weight is 194 g/mol. The number of nitrogens with one attached hydrogen (secondary N) is 1. The van der Waals surface area contributed by atoms with E-state index in [0.717, 1.165) is 4.83 Å². The normalized spacial score (nSPS) is 11.3. The number of nitrogens with zero attached hydrogens (tertiary/aromatic N) is 1. The first-order chi connectivity index (χ1) is 6.18. The lowest BCUT2D eigenvalue weighted by atomic mass is 10.2. The van der Waals surface area contributed by atoms with Crippen molar-refractivity contribution in [3.05, 3.63) is 27.6 Å². The van der Waals surface area contributed by atoms with Crippen LogP contribution in [0.3, 0.4) is 0 Å². The molecule has 3 nitrogen and oxygen atoms in total. The first kappa shape index (κ1) is 8.44. The summed E-state index contributed by atoms with van der Waals surface area (Å²) in [6, 6.07) is 1.93. The maximum atomic E-state index is 11.3. The Morgan fingerprint density at radius 1 is 1.54 bits per heavy atom. The predicted molar refractivity (Wildman–Crippen MR) is 54.3 cm³/mol. The zero-order valence-corrected chi connectivity index (χ0v) is 8.31. The van der Waals surface area contributed by atoms with Crippen LogP contribution in [0.4, 0.5) is 0 Å². The molecule has 2 rings (SSSR count). The molecule has 0 aromatic carbocycles. The molecule has 0 unspecified atom stereocenters. The molecule has 0 atom stereocenters. The van der Waals surface area contributed by atoms with Crippen molar-refractivity contribution in [2.45, 2.75) is 19.8 Å². The van der Waals surface area contributed by atoms with Crippen LogP contribution in [-0.4, -0.2) is 9.97 Å². The third-order valence-corrected chi connectivity index (χ3v) is 3.27. The van der Waals surface area contributed by atoms with Crippen LogP contribution in [0.5, 0.6) is 0 Å². The molecule has 2 heterocycles. The summed E-state index contributed by atoms with van der Waals surface area (Å²) in [5.74, 6) is 0.457. The Morgan fingerprint density at radius 2 is 2.31 bits per heavy atom. The molecule has 0 bridgehead atoms. The minimum atomic E-state index is -0.0480. The van der Waals surface area contributed by atoms with Gasteiger partial charge in [-0.05, 0) is 12.0 Å². The van der Waals surface area contributed by atoms with Gasteiger partial charge in [0.05, 0.1) is 11.7 Å². The molecule has 0 radical (unpaired) electrons. The number of thiophene rings is 1. The Labute approximate surface area is 79.4 Å². The van der Waals surface area contributed by atoms with Gasteiger partial charge in [0.15, 0.2) is 0 Å². The van der Waals surface area contributed by atoms with E-state index in [1.165, 1.54) is 11.2 Å². The molecule has 0 aliphatic heterocycles. The Balaban J connectivity index is 2.76. The van der Waals surface area contributed by atoms with Gasteiger partial charge >= 0.3 is 0 Å². The lowest BCUT2D eigenvalue weighted by Crippen LogP contribution is -2.03. The summed E-state index contributed by atoms with van der Waals surface area (Å²) in [6.45, 7) is 4.22. The van der Waals surface area contributed by atoms with E-state index in [9.17, 15) is 4.79 Å². The Hall–Kier alpha value is -1.16. The molecule has 2 aromatic rings. The van der Waals surface area contributed by atoms with Gasteiger partial charge in [-0.1, -0.05) is 13.8 Å². The van der Waals surface area contributed by atoms with Gasteiger partial charge in [-0.2, -0.15) is 0 Å². The summed E-state index contributed by atoms with van der Waals surface area (Å²) in [6.07, 6.45) is 1.45. The first-order valence-electron chi connectivity index (χ1n) is 4.15. The van der Waals surface area contributed by atoms with Crippen molar-refractivity contribution in [3.8, 4) is 0 Å². The SMILES string of the molecule is CC(C)c1cc2c(=O)[nH]cnc2s1. The minimum absolute atomic E-state index is 0.0480. The molecule has 13 heavy (non-hydrogen) atoms. The standard InChI is InChI=1S/C9H10N2OS/c1-5(2)7-3-6-8(12)10-4-11-9(6)13-7/h3-5H,1-2H3,(H,10,11,12). The fourth-order valence-corrected chi connectivity index (χ4v) is 2.17. The molecule has 0 spiro atoms. The zero-order valence-electron chi connectivity index (χ0n) is 7.50. The quantitative estimate of drug-likeness (QED) is 0.755. The van der Waals surface area contributed by atoms with Crippen molar-refractivity contribution in [1.29, 1.82) is 0 Å². The second kappa shape index (κ2) is 2.96. The van der Waals surface area contributed by atoms with Crippen molar-refractivity contribution in [2.75, 3.05) is 0 Å². The summed E-state index contributed by atoms with van der Waals surface area (Å²) >= 11 is 1.59. The van der Waals surface area contributed by atoms with E-state index < -0.39 is 0 Å². The summed E-state index contributed by atoms with van der Waals surface area (Å²) < 4.78 is 0. The van der Waals surface area contributed by atoms with Crippen LogP contribution in [0.25, 0.3) is 10.2 Å². The molecule has 68 valence electrons. The van der Waals surface area contributed by atoms with Crippen molar-refractivity contribution >= 4 is 21.6 Å². The van der Waals surface area contributed by atoms with Gasteiger partial charge in [0.25, 0.3) is 5.56 Å². The van der Waals surface area contributed by atoms with Gasteiger partial charge in [-0.15, -0.1) is 11.3 Å². The van der Waals surface area contributed by atoms with Crippen molar-refractivity contribution in [2.24, 2.45) is 0 Å². The van der Waals surface area contributed by atoms with Crippen LogP contribution in [0.2, 0.25) is 0 Å². The third kappa shape index (κ3) is 1.37. The summed E-state index contributed by atoms with van der Waals surface area (Å²) in [7, 11) is 0. The van der Waals surface area contributed by atoms with Gasteiger partial charge in [0.1, 0.15) is 4.83 Å². The monoisotopic (exact) mass is 194 g/mol. The molecule has 0 saturated carbocycles. The molecule has 0 aliphatic carbocycles. The Kier molecular flexibility index (Phi) is 1.92. The number of aromatic nitrogens is 2. The molecule has 4 heteroatoms. The second-order valence-electron chi connectivity index (χ2n) is 3.25. The van der Waals surface area contributed by atoms with Crippen molar-refractivity contribution in [3.63, 3.8) is 0 Å². The van der Waals surface area contributed by atoms with Gasteiger partial charge in [0.2, 0.25) is 0 Å². The maximum absolute atomic E-state index is 11.3. The highest BCUT2D eigenvalue weighted by Crippen LogP contribution is 2.26. The molecule has 1 N–H and O–H groups in total. The van der Waals surface area contributed by atoms with Gasteiger partial charge in [-0.25, -0.2) is 4.98 Å². The van der Waals surface area contributed by atoms with E-state index in [0.29, 0.717) is 11.3 Å². The Bertz CT molecular complexity index is 484.